The second-order valence-corrected chi connectivity index (χ2v) is 7.06. The van der Waals surface area contributed by atoms with Crippen molar-refractivity contribution in [1.82, 2.24) is 4.98 Å². The molecular weight excluding hydrogens is 399 g/mol. The zero-order valence-corrected chi connectivity index (χ0v) is 17.1. The highest BCUT2D eigenvalue weighted by atomic mass is 35.5. The van der Waals surface area contributed by atoms with Crippen molar-refractivity contribution in [2.75, 3.05) is 18.0 Å². The van der Waals surface area contributed by atoms with Gasteiger partial charge in [-0.25, -0.2) is 9.78 Å². The van der Waals surface area contributed by atoms with Gasteiger partial charge in [0.1, 0.15) is 0 Å². The highest BCUT2D eigenvalue weighted by Gasteiger charge is 2.23. The second-order valence-electron chi connectivity index (χ2n) is 6.21. The lowest BCUT2D eigenvalue weighted by atomic mass is 9.99. The molecule has 2 aromatic carbocycles. The smallest absolute Gasteiger partial charge is 0.449 e. The van der Waals surface area contributed by atoms with Crippen LogP contribution in [0.5, 0.6) is 5.75 Å². The fourth-order valence-corrected chi connectivity index (χ4v) is 3.58. The first-order valence-electron chi connectivity index (χ1n) is 8.95. The van der Waals surface area contributed by atoms with Crippen LogP contribution < -0.4 is 9.64 Å². The fraction of sp³-hybridized carbons (Fsp3) is 0.238. The summed E-state index contributed by atoms with van der Waals surface area (Å²) in [5.74, 6) is 0.704. The maximum atomic E-state index is 11.5. The average Bonchev–Trinajstić information content (AvgIpc) is 2.66. The van der Waals surface area contributed by atoms with Crippen molar-refractivity contribution < 1.29 is 14.6 Å². The number of anilines is 1. The number of ether oxygens (including phenoxy) is 1. The van der Waals surface area contributed by atoms with Crippen LogP contribution in [-0.4, -0.2) is 29.3 Å². The standard InChI is InChI=1S/C21H20Cl2N2O3/c1-3-25(4-2)20-19(28-21(26)27)16(11-13-7-5-6-8-17(13)23)15-12-14(22)9-10-18(15)24-20/h5-10,12H,3-4,11H2,1-2H3,(H,26,27). The topological polar surface area (TPSA) is 62.7 Å². The van der Waals surface area contributed by atoms with Crippen molar-refractivity contribution in [3.05, 3.63) is 63.6 Å². The fourth-order valence-electron chi connectivity index (χ4n) is 3.21. The third-order valence-electron chi connectivity index (χ3n) is 4.56. The van der Waals surface area contributed by atoms with Gasteiger partial charge in [0.05, 0.1) is 5.52 Å². The molecule has 0 aliphatic heterocycles. The molecular formula is C21H20Cl2N2O3. The molecule has 0 aliphatic carbocycles. The highest BCUT2D eigenvalue weighted by molar-refractivity contribution is 6.31. The summed E-state index contributed by atoms with van der Waals surface area (Å²) in [6.07, 6.45) is -1.01. The molecule has 1 N–H and O–H groups in total. The van der Waals surface area contributed by atoms with Crippen LogP contribution in [0.3, 0.4) is 0 Å². The molecule has 0 bridgehead atoms. The zero-order chi connectivity index (χ0) is 20.3. The maximum Gasteiger partial charge on any atom is 0.511 e. The number of hydrogen-bond donors (Lipinski definition) is 1. The highest BCUT2D eigenvalue weighted by Crippen LogP contribution is 2.39. The van der Waals surface area contributed by atoms with Gasteiger partial charge in [-0.05, 0) is 43.7 Å². The van der Waals surface area contributed by atoms with Gasteiger partial charge in [-0.3, -0.25) is 0 Å². The number of nitrogens with zero attached hydrogens (tertiary/aromatic N) is 2. The van der Waals surface area contributed by atoms with E-state index in [1.54, 1.807) is 18.2 Å². The average molecular weight is 419 g/mol. The van der Waals surface area contributed by atoms with E-state index in [-0.39, 0.29) is 5.75 Å². The summed E-state index contributed by atoms with van der Waals surface area (Å²) >= 11 is 12.6. The molecule has 0 saturated carbocycles. The molecule has 0 unspecified atom stereocenters. The molecule has 3 rings (SSSR count). The van der Waals surface area contributed by atoms with Crippen molar-refractivity contribution in [3.63, 3.8) is 0 Å². The Kier molecular flexibility index (Phi) is 6.27. The molecule has 0 aliphatic rings. The number of benzene rings is 2. The number of carboxylic acid groups (broad SMARTS) is 1. The number of rotatable bonds is 6. The van der Waals surface area contributed by atoms with Crippen LogP contribution in [0.4, 0.5) is 10.6 Å². The summed E-state index contributed by atoms with van der Waals surface area (Å²) in [6, 6.07) is 12.8. The zero-order valence-electron chi connectivity index (χ0n) is 15.6. The van der Waals surface area contributed by atoms with Crippen LogP contribution >= 0.6 is 23.2 Å². The largest absolute Gasteiger partial charge is 0.511 e. The molecule has 1 aromatic heterocycles. The van der Waals surface area contributed by atoms with Crippen molar-refractivity contribution in [2.24, 2.45) is 0 Å². The Morgan fingerprint density at radius 3 is 2.50 bits per heavy atom. The van der Waals surface area contributed by atoms with Gasteiger partial charge in [0.25, 0.3) is 0 Å². The van der Waals surface area contributed by atoms with E-state index in [0.29, 0.717) is 46.5 Å². The van der Waals surface area contributed by atoms with Crippen LogP contribution in [0.25, 0.3) is 10.9 Å². The predicted octanol–water partition coefficient (Wildman–Crippen LogP) is 6.04. The minimum Gasteiger partial charge on any atom is -0.449 e. The van der Waals surface area contributed by atoms with Gasteiger partial charge in [-0.15, -0.1) is 0 Å². The van der Waals surface area contributed by atoms with E-state index >= 15 is 0 Å². The first-order valence-corrected chi connectivity index (χ1v) is 9.71. The number of pyridine rings is 1. The van der Waals surface area contributed by atoms with Gasteiger partial charge in [-0.1, -0.05) is 41.4 Å². The Hall–Kier alpha value is -2.50. The normalized spacial score (nSPS) is 10.9. The Morgan fingerprint density at radius 1 is 1.14 bits per heavy atom. The van der Waals surface area contributed by atoms with Gasteiger partial charge < -0.3 is 14.7 Å². The third-order valence-corrected chi connectivity index (χ3v) is 5.17. The molecule has 0 fully saturated rings. The molecule has 7 heteroatoms. The number of hydrogen-bond acceptors (Lipinski definition) is 4. The molecule has 146 valence electrons. The lowest BCUT2D eigenvalue weighted by Crippen LogP contribution is -2.25. The maximum absolute atomic E-state index is 11.5. The Balaban J connectivity index is 2.33. The summed E-state index contributed by atoms with van der Waals surface area (Å²) in [5, 5.41) is 11.2. The number of fused-ring (bicyclic) bond motifs is 1. The molecule has 1 heterocycles. The van der Waals surface area contributed by atoms with E-state index in [0.717, 1.165) is 10.9 Å². The molecule has 3 aromatic rings. The molecule has 0 amide bonds. The van der Waals surface area contributed by atoms with E-state index in [4.69, 9.17) is 27.9 Å². The number of carbonyl (C=O) groups is 1. The van der Waals surface area contributed by atoms with Crippen LogP contribution in [0.15, 0.2) is 42.5 Å². The SMILES string of the molecule is CCN(CC)c1nc2ccc(Cl)cc2c(Cc2ccccc2Cl)c1OC(=O)O. The van der Waals surface area contributed by atoms with Crippen molar-refractivity contribution in [2.45, 2.75) is 20.3 Å². The molecule has 0 saturated heterocycles. The summed E-state index contributed by atoms with van der Waals surface area (Å²) in [7, 11) is 0. The van der Waals surface area contributed by atoms with Gasteiger partial charge in [0.2, 0.25) is 0 Å². The van der Waals surface area contributed by atoms with E-state index < -0.39 is 6.16 Å². The molecule has 0 spiro atoms. The van der Waals surface area contributed by atoms with Crippen LogP contribution in [0, 0.1) is 0 Å². The molecule has 0 atom stereocenters. The van der Waals surface area contributed by atoms with E-state index in [2.05, 4.69) is 4.98 Å². The summed E-state index contributed by atoms with van der Waals surface area (Å²) < 4.78 is 5.25. The van der Waals surface area contributed by atoms with E-state index in [1.807, 2.05) is 43.0 Å². The molecule has 5 nitrogen and oxygen atoms in total. The summed E-state index contributed by atoms with van der Waals surface area (Å²) in [6.45, 7) is 5.28. The van der Waals surface area contributed by atoms with Crippen molar-refractivity contribution >= 4 is 46.1 Å². The van der Waals surface area contributed by atoms with Crippen LogP contribution in [0.1, 0.15) is 25.0 Å². The van der Waals surface area contributed by atoms with E-state index in [1.165, 1.54) is 0 Å². The third kappa shape index (κ3) is 4.16. The molecule has 28 heavy (non-hydrogen) atoms. The summed E-state index contributed by atoms with van der Waals surface area (Å²) in [5.41, 5.74) is 2.26. The van der Waals surface area contributed by atoms with Crippen molar-refractivity contribution in [3.8, 4) is 5.75 Å². The Morgan fingerprint density at radius 2 is 1.86 bits per heavy atom. The van der Waals surface area contributed by atoms with Gasteiger partial charge in [-0.2, -0.15) is 0 Å². The first-order chi connectivity index (χ1) is 13.4. The molecule has 0 radical (unpaired) electrons. The second kappa shape index (κ2) is 8.67. The minimum atomic E-state index is -1.39. The van der Waals surface area contributed by atoms with Crippen LogP contribution in [-0.2, 0) is 6.42 Å². The first kappa shape index (κ1) is 20.2. The minimum absolute atomic E-state index is 0.214. The van der Waals surface area contributed by atoms with Gasteiger partial charge in [0, 0.05) is 40.5 Å². The predicted molar refractivity (Wildman–Crippen MR) is 113 cm³/mol. The van der Waals surface area contributed by atoms with E-state index in [9.17, 15) is 9.90 Å². The summed E-state index contributed by atoms with van der Waals surface area (Å²) in [4.78, 5) is 18.1. The van der Waals surface area contributed by atoms with Gasteiger partial charge in [0.15, 0.2) is 11.6 Å². The lowest BCUT2D eigenvalue weighted by Gasteiger charge is -2.24. The van der Waals surface area contributed by atoms with Gasteiger partial charge >= 0.3 is 6.16 Å². The lowest BCUT2D eigenvalue weighted by molar-refractivity contribution is 0.144. The number of aromatic nitrogens is 1. The Bertz CT molecular complexity index is 1020. The quantitative estimate of drug-likeness (QED) is 0.494. The van der Waals surface area contributed by atoms with Crippen LogP contribution in [0.2, 0.25) is 10.0 Å². The monoisotopic (exact) mass is 418 g/mol. The van der Waals surface area contributed by atoms with Crippen molar-refractivity contribution in [1.29, 1.82) is 0 Å². The number of halogens is 2. The Labute approximate surface area is 173 Å².